The number of aromatic amines is 1. The molecule has 5 heterocycles. The summed E-state index contributed by atoms with van der Waals surface area (Å²) < 4.78 is 1.87. The molecule has 25 heavy (non-hydrogen) atoms. The van der Waals surface area contributed by atoms with Crippen molar-refractivity contribution in [1.82, 2.24) is 24.6 Å². The van der Waals surface area contributed by atoms with E-state index in [9.17, 15) is 0 Å². The number of H-pyrrole nitrogens is 1. The summed E-state index contributed by atoms with van der Waals surface area (Å²) in [4.78, 5) is 11.7. The van der Waals surface area contributed by atoms with Crippen LogP contribution in [0.3, 0.4) is 0 Å². The van der Waals surface area contributed by atoms with Crippen LogP contribution in [0, 0.1) is 0 Å². The predicted molar refractivity (Wildman–Crippen MR) is 98.5 cm³/mol. The van der Waals surface area contributed by atoms with Gasteiger partial charge in [0.1, 0.15) is 5.65 Å². The second-order valence-electron chi connectivity index (χ2n) is 5.80. The van der Waals surface area contributed by atoms with E-state index in [-0.39, 0.29) is 0 Å². The van der Waals surface area contributed by atoms with Crippen LogP contribution in [0.1, 0.15) is 0 Å². The summed E-state index contributed by atoms with van der Waals surface area (Å²) >= 11 is 6.12. The summed E-state index contributed by atoms with van der Waals surface area (Å²) in [6.45, 7) is 0. The lowest BCUT2D eigenvalue weighted by Gasteiger charge is -2.03. The molecule has 0 aliphatic rings. The van der Waals surface area contributed by atoms with Crippen LogP contribution >= 0.6 is 11.6 Å². The maximum atomic E-state index is 6.12. The molecule has 6 heteroatoms. The number of hydrogen-bond acceptors (Lipinski definition) is 3. The Kier molecular flexibility index (Phi) is 3.08. The Balaban J connectivity index is 1.73. The SMILES string of the molecule is Clc1cnc2[nH]cc(-c3ccn4ncc(-c5cccnc5)c4c3)c2c1. The number of nitrogens with zero attached hydrogens (tertiary/aromatic N) is 4. The van der Waals surface area contributed by atoms with Gasteiger partial charge in [0.25, 0.3) is 0 Å². The third-order valence-electron chi connectivity index (χ3n) is 4.30. The highest BCUT2D eigenvalue weighted by Gasteiger charge is 2.11. The van der Waals surface area contributed by atoms with Crippen LogP contribution < -0.4 is 0 Å². The van der Waals surface area contributed by atoms with Crippen LogP contribution in [0.15, 0.2) is 67.5 Å². The van der Waals surface area contributed by atoms with Crippen LogP contribution in [0.2, 0.25) is 5.02 Å². The van der Waals surface area contributed by atoms with Crippen molar-refractivity contribution >= 4 is 28.2 Å². The molecule has 5 rings (SSSR count). The first-order valence-corrected chi connectivity index (χ1v) is 8.18. The van der Waals surface area contributed by atoms with E-state index < -0.39 is 0 Å². The van der Waals surface area contributed by atoms with Crippen LogP contribution in [0.4, 0.5) is 0 Å². The van der Waals surface area contributed by atoms with Crippen molar-refractivity contribution in [1.29, 1.82) is 0 Å². The maximum Gasteiger partial charge on any atom is 0.137 e. The zero-order valence-electron chi connectivity index (χ0n) is 13.0. The largest absolute Gasteiger partial charge is 0.346 e. The van der Waals surface area contributed by atoms with Crippen molar-refractivity contribution in [2.75, 3.05) is 0 Å². The second-order valence-corrected chi connectivity index (χ2v) is 6.23. The highest BCUT2D eigenvalue weighted by molar-refractivity contribution is 6.31. The van der Waals surface area contributed by atoms with Crippen molar-refractivity contribution in [3.63, 3.8) is 0 Å². The fourth-order valence-corrected chi connectivity index (χ4v) is 3.27. The van der Waals surface area contributed by atoms with E-state index in [0.29, 0.717) is 5.02 Å². The lowest BCUT2D eigenvalue weighted by molar-refractivity contribution is 0.962. The van der Waals surface area contributed by atoms with Gasteiger partial charge in [-0.15, -0.1) is 0 Å². The van der Waals surface area contributed by atoms with Crippen molar-refractivity contribution < 1.29 is 0 Å². The van der Waals surface area contributed by atoms with Gasteiger partial charge in [0.05, 0.1) is 16.7 Å². The molecule has 5 nitrogen and oxygen atoms in total. The molecule has 0 unspecified atom stereocenters. The van der Waals surface area contributed by atoms with Crippen molar-refractivity contribution in [3.05, 3.63) is 72.5 Å². The lowest BCUT2D eigenvalue weighted by atomic mass is 10.0. The van der Waals surface area contributed by atoms with E-state index in [4.69, 9.17) is 11.6 Å². The number of fused-ring (bicyclic) bond motifs is 2. The summed E-state index contributed by atoms with van der Waals surface area (Å²) in [6, 6.07) is 10.1. The predicted octanol–water partition coefficient (Wildman–Crippen LogP) is 4.59. The maximum absolute atomic E-state index is 6.12. The Morgan fingerprint density at radius 1 is 1.00 bits per heavy atom. The summed E-state index contributed by atoms with van der Waals surface area (Å²) in [5, 5.41) is 6.06. The molecule has 0 aliphatic carbocycles. The van der Waals surface area contributed by atoms with Crippen LogP contribution in [0.25, 0.3) is 38.8 Å². The molecule has 0 atom stereocenters. The van der Waals surface area contributed by atoms with Crippen molar-refractivity contribution in [2.45, 2.75) is 0 Å². The Morgan fingerprint density at radius 2 is 1.96 bits per heavy atom. The first kappa shape index (κ1) is 14.2. The van der Waals surface area contributed by atoms with Gasteiger partial charge < -0.3 is 4.98 Å². The van der Waals surface area contributed by atoms with Gasteiger partial charge in [-0.05, 0) is 29.8 Å². The van der Waals surface area contributed by atoms with E-state index in [1.165, 1.54) is 0 Å². The summed E-state index contributed by atoms with van der Waals surface area (Å²) in [7, 11) is 0. The first-order valence-electron chi connectivity index (χ1n) is 7.80. The Morgan fingerprint density at radius 3 is 2.84 bits per heavy atom. The minimum atomic E-state index is 0.620. The summed E-state index contributed by atoms with van der Waals surface area (Å²) in [5.74, 6) is 0. The molecule has 0 aliphatic heterocycles. The van der Waals surface area contributed by atoms with Crippen molar-refractivity contribution in [2.24, 2.45) is 0 Å². The molecule has 0 aromatic carbocycles. The van der Waals surface area contributed by atoms with Gasteiger partial charge in [0.15, 0.2) is 0 Å². The Labute approximate surface area is 147 Å². The summed E-state index contributed by atoms with van der Waals surface area (Å²) in [5.41, 5.74) is 6.07. The molecule has 0 saturated heterocycles. The summed E-state index contributed by atoms with van der Waals surface area (Å²) in [6.07, 6.45) is 11.0. The number of halogens is 1. The van der Waals surface area contributed by atoms with E-state index >= 15 is 0 Å². The number of rotatable bonds is 2. The molecular formula is C19H12ClN5. The monoisotopic (exact) mass is 345 g/mol. The highest BCUT2D eigenvalue weighted by atomic mass is 35.5. The Bertz CT molecular complexity index is 1210. The molecule has 0 saturated carbocycles. The highest BCUT2D eigenvalue weighted by Crippen LogP contribution is 2.32. The zero-order valence-corrected chi connectivity index (χ0v) is 13.8. The molecule has 0 bridgehead atoms. The third-order valence-corrected chi connectivity index (χ3v) is 4.51. The first-order chi connectivity index (χ1) is 12.3. The molecule has 1 N–H and O–H groups in total. The zero-order chi connectivity index (χ0) is 16.8. The second kappa shape index (κ2) is 5.43. The number of nitrogens with one attached hydrogen (secondary N) is 1. The number of hydrogen-bond donors (Lipinski definition) is 1. The minimum absolute atomic E-state index is 0.620. The van der Waals surface area contributed by atoms with E-state index in [0.717, 1.165) is 38.8 Å². The quantitative estimate of drug-likeness (QED) is 0.509. The van der Waals surface area contributed by atoms with Gasteiger partial charge in [-0.2, -0.15) is 5.10 Å². The molecule has 120 valence electrons. The molecule has 0 spiro atoms. The normalized spacial score (nSPS) is 11.4. The average Bonchev–Trinajstić information content (AvgIpc) is 3.25. The van der Waals surface area contributed by atoms with Gasteiger partial charge >= 0.3 is 0 Å². The smallest absolute Gasteiger partial charge is 0.137 e. The molecule has 5 aromatic rings. The van der Waals surface area contributed by atoms with Crippen molar-refractivity contribution in [3.8, 4) is 22.3 Å². The fraction of sp³-hybridized carbons (Fsp3) is 0. The van der Waals surface area contributed by atoms with Crippen LogP contribution in [0.5, 0.6) is 0 Å². The van der Waals surface area contributed by atoms with Crippen LogP contribution in [-0.2, 0) is 0 Å². The van der Waals surface area contributed by atoms with E-state index in [1.54, 1.807) is 12.4 Å². The average molecular weight is 346 g/mol. The topological polar surface area (TPSA) is 58.9 Å². The van der Waals surface area contributed by atoms with Gasteiger partial charge in [-0.3, -0.25) is 4.98 Å². The van der Waals surface area contributed by atoms with Gasteiger partial charge in [0.2, 0.25) is 0 Å². The van der Waals surface area contributed by atoms with E-state index in [2.05, 4.69) is 26.1 Å². The fourth-order valence-electron chi connectivity index (χ4n) is 3.11. The molecule has 5 aromatic heterocycles. The lowest BCUT2D eigenvalue weighted by Crippen LogP contribution is -1.87. The third kappa shape index (κ3) is 2.28. The standard InChI is InChI=1S/C19H12ClN5/c20-14-7-15-16(10-23-19(15)22-9-14)12-3-5-25-18(6-12)17(11-24-25)13-2-1-4-21-8-13/h1-11H,(H,22,23). The molecule has 0 fully saturated rings. The number of aromatic nitrogens is 5. The van der Waals surface area contributed by atoms with Crippen LogP contribution in [-0.4, -0.2) is 24.6 Å². The molecule has 0 amide bonds. The Hall–Kier alpha value is -3.18. The molecule has 0 radical (unpaired) electrons. The van der Waals surface area contributed by atoms with Gasteiger partial charge in [-0.25, -0.2) is 9.50 Å². The number of pyridine rings is 3. The van der Waals surface area contributed by atoms with Gasteiger partial charge in [0, 0.05) is 53.1 Å². The van der Waals surface area contributed by atoms with Gasteiger partial charge in [-0.1, -0.05) is 17.7 Å². The minimum Gasteiger partial charge on any atom is -0.346 e. The van der Waals surface area contributed by atoms with E-state index in [1.807, 2.05) is 53.6 Å². The molecular weight excluding hydrogens is 334 g/mol.